The number of nitrogen functional groups attached to an aromatic ring is 1. The van der Waals surface area contributed by atoms with Crippen LogP contribution in [0, 0.1) is 0 Å². The molecule has 1 aliphatic heterocycles. The largest absolute Gasteiger partial charge is 0.398 e. The minimum atomic E-state index is 0.886. The van der Waals surface area contributed by atoms with E-state index in [4.69, 9.17) is 5.73 Å². The molecular weight excluding hydrogens is 218 g/mol. The summed E-state index contributed by atoms with van der Waals surface area (Å²) in [7, 11) is 0. The van der Waals surface area contributed by atoms with Crippen molar-refractivity contribution in [2.45, 2.75) is 11.4 Å². The Morgan fingerprint density at radius 1 is 1.38 bits per heavy atom. The summed E-state index contributed by atoms with van der Waals surface area (Å²) < 4.78 is 0. The highest BCUT2D eigenvalue weighted by molar-refractivity contribution is 7.98. The van der Waals surface area contributed by atoms with E-state index in [0.29, 0.717) is 0 Å². The van der Waals surface area contributed by atoms with Crippen molar-refractivity contribution in [2.75, 3.05) is 38.2 Å². The normalized spacial score (nSPS) is 17.6. The SMILES string of the molecule is CSc1cc(CN2CCNCC2)ccc1N. The predicted octanol–water partition coefficient (Wildman–Crippen LogP) is 1.40. The Morgan fingerprint density at radius 3 is 2.81 bits per heavy atom. The van der Waals surface area contributed by atoms with Gasteiger partial charge in [-0.3, -0.25) is 4.90 Å². The maximum Gasteiger partial charge on any atom is 0.0452 e. The van der Waals surface area contributed by atoms with Crippen LogP contribution in [0.15, 0.2) is 23.1 Å². The van der Waals surface area contributed by atoms with Crippen LogP contribution in [0.25, 0.3) is 0 Å². The molecule has 0 atom stereocenters. The van der Waals surface area contributed by atoms with Crippen LogP contribution in [0.4, 0.5) is 5.69 Å². The van der Waals surface area contributed by atoms with Crippen LogP contribution in [0.3, 0.4) is 0 Å². The van der Waals surface area contributed by atoms with Gasteiger partial charge in [-0.1, -0.05) is 6.07 Å². The van der Waals surface area contributed by atoms with E-state index in [0.717, 1.165) is 38.4 Å². The van der Waals surface area contributed by atoms with Crippen molar-refractivity contribution in [3.8, 4) is 0 Å². The standard InChI is InChI=1S/C12H19N3S/c1-16-12-8-10(2-3-11(12)13)9-15-6-4-14-5-7-15/h2-3,8,14H,4-7,9,13H2,1H3. The average molecular weight is 237 g/mol. The summed E-state index contributed by atoms with van der Waals surface area (Å²) in [5.41, 5.74) is 8.14. The van der Waals surface area contributed by atoms with E-state index in [2.05, 4.69) is 28.6 Å². The zero-order chi connectivity index (χ0) is 11.4. The number of piperazine rings is 1. The molecule has 1 aliphatic rings. The third-order valence-corrected chi connectivity index (χ3v) is 3.71. The van der Waals surface area contributed by atoms with Gasteiger partial charge in [0.25, 0.3) is 0 Å². The van der Waals surface area contributed by atoms with Gasteiger partial charge >= 0.3 is 0 Å². The van der Waals surface area contributed by atoms with Gasteiger partial charge in [0.05, 0.1) is 0 Å². The van der Waals surface area contributed by atoms with E-state index in [-0.39, 0.29) is 0 Å². The molecule has 0 bridgehead atoms. The molecule has 0 saturated carbocycles. The number of hydrogen-bond acceptors (Lipinski definition) is 4. The third kappa shape index (κ3) is 2.90. The fourth-order valence-electron chi connectivity index (χ4n) is 1.98. The summed E-state index contributed by atoms with van der Waals surface area (Å²) in [6.45, 7) is 5.52. The molecule has 4 heteroatoms. The number of rotatable bonds is 3. The number of benzene rings is 1. The minimum absolute atomic E-state index is 0.886. The van der Waals surface area contributed by atoms with Crippen molar-refractivity contribution in [1.82, 2.24) is 10.2 Å². The highest BCUT2D eigenvalue weighted by Gasteiger charge is 2.10. The molecule has 0 aromatic heterocycles. The van der Waals surface area contributed by atoms with Gasteiger partial charge in [0.1, 0.15) is 0 Å². The number of anilines is 1. The van der Waals surface area contributed by atoms with Gasteiger partial charge < -0.3 is 11.1 Å². The van der Waals surface area contributed by atoms with Crippen molar-refractivity contribution in [3.05, 3.63) is 23.8 Å². The van der Waals surface area contributed by atoms with Crippen LogP contribution in [0.5, 0.6) is 0 Å². The Hall–Kier alpha value is -0.710. The molecule has 0 amide bonds. The Labute approximate surface area is 101 Å². The van der Waals surface area contributed by atoms with Gasteiger partial charge in [0.15, 0.2) is 0 Å². The van der Waals surface area contributed by atoms with Gasteiger partial charge in [-0.05, 0) is 24.0 Å². The highest BCUT2D eigenvalue weighted by Crippen LogP contribution is 2.24. The number of hydrogen-bond donors (Lipinski definition) is 2. The molecule has 0 aliphatic carbocycles. The van der Waals surface area contributed by atoms with Crippen molar-refractivity contribution in [2.24, 2.45) is 0 Å². The van der Waals surface area contributed by atoms with Crippen molar-refractivity contribution < 1.29 is 0 Å². The molecule has 3 nitrogen and oxygen atoms in total. The first kappa shape index (κ1) is 11.8. The van der Waals surface area contributed by atoms with E-state index in [1.807, 2.05) is 6.07 Å². The maximum absolute atomic E-state index is 5.89. The van der Waals surface area contributed by atoms with Crippen LogP contribution in [-0.4, -0.2) is 37.3 Å². The number of nitrogens with one attached hydrogen (secondary N) is 1. The average Bonchev–Trinajstić information content (AvgIpc) is 2.33. The fraction of sp³-hybridized carbons (Fsp3) is 0.500. The second-order valence-electron chi connectivity index (χ2n) is 4.10. The third-order valence-electron chi connectivity index (χ3n) is 2.91. The van der Waals surface area contributed by atoms with E-state index < -0.39 is 0 Å². The molecular formula is C12H19N3S. The molecule has 1 saturated heterocycles. The number of nitrogens with zero attached hydrogens (tertiary/aromatic N) is 1. The molecule has 0 radical (unpaired) electrons. The molecule has 0 unspecified atom stereocenters. The van der Waals surface area contributed by atoms with Crippen LogP contribution < -0.4 is 11.1 Å². The zero-order valence-electron chi connectivity index (χ0n) is 9.70. The molecule has 16 heavy (non-hydrogen) atoms. The number of nitrogens with two attached hydrogens (primary N) is 1. The zero-order valence-corrected chi connectivity index (χ0v) is 10.5. The maximum atomic E-state index is 5.89. The predicted molar refractivity (Wildman–Crippen MR) is 70.8 cm³/mol. The summed E-state index contributed by atoms with van der Waals surface area (Å²) in [5, 5.41) is 3.37. The molecule has 0 spiro atoms. The Kier molecular flexibility index (Phi) is 4.09. The van der Waals surface area contributed by atoms with E-state index in [9.17, 15) is 0 Å². The van der Waals surface area contributed by atoms with Gasteiger partial charge in [-0.15, -0.1) is 11.8 Å². The van der Waals surface area contributed by atoms with Crippen LogP contribution >= 0.6 is 11.8 Å². The lowest BCUT2D eigenvalue weighted by molar-refractivity contribution is 0.233. The van der Waals surface area contributed by atoms with Crippen molar-refractivity contribution in [1.29, 1.82) is 0 Å². The van der Waals surface area contributed by atoms with E-state index >= 15 is 0 Å². The topological polar surface area (TPSA) is 41.3 Å². The summed E-state index contributed by atoms with van der Waals surface area (Å²) in [6.07, 6.45) is 2.07. The quantitative estimate of drug-likeness (QED) is 0.616. The molecule has 1 aromatic rings. The number of thioether (sulfide) groups is 1. The molecule has 1 aromatic carbocycles. The lowest BCUT2D eigenvalue weighted by Gasteiger charge is -2.27. The van der Waals surface area contributed by atoms with Crippen LogP contribution in [-0.2, 0) is 6.54 Å². The molecule has 2 rings (SSSR count). The first-order chi connectivity index (χ1) is 7.79. The lowest BCUT2D eigenvalue weighted by Crippen LogP contribution is -2.42. The monoisotopic (exact) mass is 237 g/mol. The van der Waals surface area contributed by atoms with E-state index in [1.54, 1.807) is 11.8 Å². The molecule has 1 heterocycles. The highest BCUT2D eigenvalue weighted by atomic mass is 32.2. The second-order valence-corrected chi connectivity index (χ2v) is 4.95. The van der Waals surface area contributed by atoms with Gasteiger partial charge in [-0.2, -0.15) is 0 Å². The van der Waals surface area contributed by atoms with Gasteiger partial charge in [0.2, 0.25) is 0 Å². The van der Waals surface area contributed by atoms with Crippen LogP contribution in [0.1, 0.15) is 5.56 Å². The van der Waals surface area contributed by atoms with Gasteiger partial charge in [-0.25, -0.2) is 0 Å². The summed E-state index contributed by atoms with van der Waals surface area (Å²) in [6, 6.07) is 6.36. The Bertz CT molecular complexity index is 348. The lowest BCUT2D eigenvalue weighted by atomic mass is 10.2. The van der Waals surface area contributed by atoms with Gasteiger partial charge in [0, 0.05) is 43.3 Å². The fourth-order valence-corrected chi connectivity index (χ4v) is 2.55. The molecule has 88 valence electrons. The minimum Gasteiger partial charge on any atom is -0.398 e. The van der Waals surface area contributed by atoms with E-state index in [1.165, 1.54) is 10.5 Å². The van der Waals surface area contributed by atoms with Crippen molar-refractivity contribution in [3.63, 3.8) is 0 Å². The molecule has 1 fully saturated rings. The second kappa shape index (κ2) is 5.57. The smallest absolute Gasteiger partial charge is 0.0452 e. The summed E-state index contributed by atoms with van der Waals surface area (Å²) in [5.74, 6) is 0. The van der Waals surface area contributed by atoms with Crippen LogP contribution in [0.2, 0.25) is 0 Å². The summed E-state index contributed by atoms with van der Waals surface area (Å²) >= 11 is 1.72. The first-order valence-electron chi connectivity index (χ1n) is 5.65. The Morgan fingerprint density at radius 2 is 2.12 bits per heavy atom. The van der Waals surface area contributed by atoms with Crippen molar-refractivity contribution >= 4 is 17.4 Å². The summed E-state index contributed by atoms with van der Waals surface area (Å²) in [4.78, 5) is 3.67. The Balaban J connectivity index is 2.03. The molecule has 3 N–H and O–H groups in total. The first-order valence-corrected chi connectivity index (χ1v) is 6.87.